The molecule has 9 nitrogen and oxygen atoms in total. The van der Waals surface area contributed by atoms with Gasteiger partial charge in [-0.05, 0) is 56.3 Å². The fourth-order valence-corrected chi connectivity index (χ4v) is 3.65. The van der Waals surface area contributed by atoms with E-state index in [1.165, 1.54) is 18.2 Å². The number of hydrogen-bond donors (Lipinski definition) is 1. The van der Waals surface area contributed by atoms with Gasteiger partial charge in [0.05, 0.1) is 16.8 Å². The van der Waals surface area contributed by atoms with Crippen molar-refractivity contribution in [2.75, 3.05) is 9.80 Å². The maximum absolute atomic E-state index is 13.4. The van der Waals surface area contributed by atoms with Gasteiger partial charge in [0.25, 0.3) is 11.8 Å². The van der Waals surface area contributed by atoms with E-state index in [0.717, 1.165) is 20.9 Å². The number of nitriles is 2. The predicted octanol–water partition coefficient (Wildman–Crippen LogP) is 3.86. The van der Waals surface area contributed by atoms with Gasteiger partial charge in [0.2, 0.25) is 12.4 Å². The highest BCUT2D eigenvalue weighted by atomic mass is 16.3. The van der Waals surface area contributed by atoms with E-state index in [1.807, 2.05) is 26.0 Å². The summed E-state index contributed by atoms with van der Waals surface area (Å²) in [5.74, 6) is -1.49. The Morgan fingerprint density at radius 3 is 1.71 bits per heavy atom. The van der Waals surface area contributed by atoms with Gasteiger partial charge >= 0.3 is 0 Å². The monoisotopic (exact) mass is 464 g/mol. The number of benzene rings is 3. The van der Waals surface area contributed by atoms with E-state index in [9.17, 15) is 20.0 Å². The minimum atomic E-state index is -1.59. The van der Waals surface area contributed by atoms with Crippen molar-refractivity contribution in [3.05, 3.63) is 89.0 Å². The number of carbonyl (C=O) groups is 2. The number of aliphatic hydroxyl groups is 1. The Bertz CT molecular complexity index is 1340. The first-order valence-electron chi connectivity index (χ1n) is 10.7. The quantitative estimate of drug-likeness (QED) is 0.462. The Morgan fingerprint density at radius 2 is 1.26 bits per heavy atom. The van der Waals surface area contributed by atoms with Gasteiger partial charge < -0.3 is 5.11 Å². The summed E-state index contributed by atoms with van der Waals surface area (Å²) in [5.41, 5.74) is 3.19. The summed E-state index contributed by atoms with van der Waals surface area (Å²) in [6.45, 7) is 3.79. The van der Waals surface area contributed by atoms with Crippen molar-refractivity contribution in [1.29, 1.82) is 10.5 Å². The van der Waals surface area contributed by atoms with E-state index in [4.69, 9.17) is 5.26 Å². The second kappa shape index (κ2) is 9.56. The normalized spacial score (nSPS) is 18.0. The average Bonchev–Trinajstić information content (AvgIpc) is 2.86. The molecule has 0 unspecified atom stereocenters. The predicted molar refractivity (Wildman–Crippen MR) is 128 cm³/mol. The van der Waals surface area contributed by atoms with Crippen LogP contribution in [0, 0.1) is 36.5 Å². The molecule has 0 radical (unpaired) electrons. The molecule has 0 atom stereocenters. The minimum absolute atomic E-state index is 0.100. The van der Waals surface area contributed by atoms with Gasteiger partial charge in [-0.2, -0.15) is 20.8 Å². The van der Waals surface area contributed by atoms with Gasteiger partial charge in [-0.25, -0.2) is 0 Å². The van der Waals surface area contributed by atoms with Crippen LogP contribution in [0.2, 0.25) is 0 Å². The van der Waals surface area contributed by atoms with Crippen LogP contribution in [-0.2, 0) is 9.59 Å². The fourth-order valence-electron chi connectivity index (χ4n) is 3.65. The molecule has 1 fully saturated rings. The lowest BCUT2D eigenvalue weighted by molar-refractivity contribution is -0.134. The Balaban J connectivity index is 1.77. The van der Waals surface area contributed by atoms with Gasteiger partial charge in [-0.1, -0.05) is 35.4 Å². The first-order valence-corrected chi connectivity index (χ1v) is 10.7. The standard InChI is InChI=1S/C26H20N6O3/c1-16-3-9-21(10-4-16)31-24(33)23(30-29-20-8-7-18(14-27)19(13-20)15-28)25(34)32(26(31)35)22-11-5-17(2)6-12-22/h3-13,23,26,35H,1-2H3. The SMILES string of the molecule is Cc1ccc(N2C(=O)C(N=Nc3ccc(C#N)c(C#N)c3)C(=O)N(c3ccc(C)cc3)C2O)cc1. The van der Waals surface area contributed by atoms with E-state index in [2.05, 4.69) is 10.2 Å². The van der Waals surface area contributed by atoms with Crippen molar-refractivity contribution in [2.24, 2.45) is 10.2 Å². The molecular formula is C26H20N6O3. The summed E-state index contributed by atoms with van der Waals surface area (Å²) in [4.78, 5) is 29.0. The van der Waals surface area contributed by atoms with Gasteiger partial charge in [-0.3, -0.25) is 19.4 Å². The van der Waals surface area contributed by atoms with Crippen molar-refractivity contribution < 1.29 is 14.7 Å². The van der Waals surface area contributed by atoms with Crippen LogP contribution < -0.4 is 9.80 Å². The van der Waals surface area contributed by atoms with E-state index in [1.54, 1.807) is 48.5 Å². The maximum Gasteiger partial charge on any atom is 0.267 e. The third-order valence-corrected chi connectivity index (χ3v) is 5.56. The van der Waals surface area contributed by atoms with Crippen LogP contribution in [-0.4, -0.2) is 29.3 Å². The Hall–Kier alpha value is -4.86. The molecule has 9 heteroatoms. The smallest absolute Gasteiger partial charge is 0.267 e. The van der Waals surface area contributed by atoms with Crippen LogP contribution in [0.3, 0.4) is 0 Å². The number of aryl methyl sites for hydroxylation is 2. The number of azo groups is 1. The number of nitrogens with zero attached hydrogens (tertiary/aromatic N) is 6. The van der Waals surface area contributed by atoms with Crippen LogP contribution in [0.25, 0.3) is 0 Å². The largest absolute Gasteiger partial charge is 0.356 e. The lowest BCUT2D eigenvalue weighted by Gasteiger charge is -2.41. The number of rotatable bonds is 4. The molecule has 3 aromatic rings. The topological polar surface area (TPSA) is 133 Å². The molecular weight excluding hydrogens is 444 g/mol. The van der Waals surface area contributed by atoms with Crippen LogP contribution >= 0.6 is 0 Å². The van der Waals surface area contributed by atoms with Gasteiger partial charge in [0.15, 0.2) is 0 Å². The van der Waals surface area contributed by atoms with Crippen molar-refractivity contribution in [1.82, 2.24) is 0 Å². The van der Waals surface area contributed by atoms with Crippen molar-refractivity contribution in [3.63, 3.8) is 0 Å². The highest BCUT2D eigenvalue weighted by molar-refractivity contribution is 6.19. The fraction of sp³-hybridized carbons (Fsp3) is 0.154. The number of anilines is 2. The van der Waals surface area contributed by atoms with Crippen LogP contribution in [0.1, 0.15) is 22.3 Å². The minimum Gasteiger partial charge on any atom is -0.356 e. The summed E-state index contributed by atoms with van der Waals surface area (Å²) in [6.07, 6.45) is -1.59. The molecule has 35 heavy (non-hydrogen) atoms. The van der Waals surface area contributed by atoms with E-state index in [0.29, 0.717) is 11.4 Å². The zero-order valence-corrected chi connectivity index (χ0v) is 19.0. The van der Waals surface area contributed by atoms with Gasteiger partial charge in [-0.15, -0.1) is 0 Å². The molecule has 2 amide bonds. The van der Waals surface area contributed by atoms with Crippen LogP contribution in [0.15, 0.2) is 77.0 Å². The Morgan fingerprint density at radius 1 is 0.771 bits per heavy atom. The summed E-state index contributed by atoms with van der Waals surface area (Å²) < 4.78 is 0. The van der Waals surface area contributed by atoms with Crippen molar-refractivity contribution >= 4 is 28.9 Å². The Labute approximate surface area is 201 Å². The highest BCUT2D eigenvalue weighted by Crippen LogP contribution is 2.30. The lowest BCUT2D eigenvalue weighted by Crippen LogP contribution is -2.65. The number of amides is 2. The van der Waals surface area contributed by atoms with Gasteiger partial charge in [0, 0.05) is 11.4 Å². The Kier molecular flexibility index (Phi) is 6.36. The molecule has 3 aromatic carbocycles. The van der Waals surface area contributed by atoms with E-state index in [-0.39, 0.29) is 16.8 Å². The molecule has 172 valence electrons. The zero-order chi connectivity index (χ0) is 25.1. The second-order valence-electron chi connectivity index (χ2n) is 8.01. The van der Waals surface area contributed by atoms with Crippen molar-refractivity contribution in [3.8, 4) is 12.1 Å². The lowest BCUT2D eigenvalue weighted by atomic mass is 10.1. The summed E-state index contributed by atoms with van der Waals surface area (Å²) in [5, 5.41) is 37.5. The third kappa shape index (κ3) is 4.49. The molecule has 1 aliphatic rings. The van der Waals surface area contributed by atoms with Crippen LogP contribution in [0.4, 0.5) is 17.1 Å². The number of hydrogen-bond acceptors (Lipinski definition) is 7. The van der Waals surface area contributed by atoms with Crippen molar-refractivity contribution in [2.45, 2.75) is 26.2 Å². The molecule has 0 aliphatic carbocycles. The number of carbonyl (C=O) groups excluding carboxylic acids is 2. The molecule has 0 bridgehead atoms. The van der Waals surface area contributed by atoms with Crippen LogP contribution in [0.5, 0.6) is 0 Å². The number of aliphatic hydroxyl groups excluding tert-OH is 1. The van der Waals surface area contributed by atoms with Gasteiger partial charge in [0.1, 0.15) is 12.1 Å². The molecule has 0 aromatic heterocycles. The molecule has 1 saturated heterocycles. The molecule has 4 rings (SSSR count). The summed E-state index contributed by atoms with van der Waals surface area (Å²) in [6, 6.07) is 20.3. The maximum atomic E-state index is 13.4. The molecule has 0 spiro atoms. The molecule has 1 heterocycles. The summed E-state index contributed by atoms with van der Waals surface area (Å²) >= 11 is 0. The third-order valence-electron chi connectivity index (χ3n) is 5.56. The second-order valence-corrected chi connectivity index (χ2v) is 8.01. The first-order chi connectivity index (χ1) is 16.8. The average molecular weight is 464 g/mol. The molecule has 0 saturated carbocycles. The highest BCUT2D eigenvalue weighted by Gasteiger charge is 2.47. The molecule has 1 N–H and O–H groups in total. The van der Waals surface area contributed by atoms with E-state index < -0.39 is 24.2 Å². The summed E-state index contributed by atoms with van der Waals surface area (Å²) in [7, 11) is 0. The van der Waals surface area contributed by atoms with E-state index >= 15 is 0 Å². The zero-order valence-electron chi connectivity index (χ0n) is 19.0. The molecule has 1 aliphatic heterocycles. The first kappa shape index (κ1) is 23.3.